The Labute approximate surface area is 134 Å². The SMILES string of the molecule is Cc1csc(NC(=O)c2nnn(Cc3nsnc3C)c2C)n1. The molecule has 114 valence electrons. The number of rotatable bonds is 4. The van der Waals surface area contributed by atoms with Crippen LogP contribution in [0.2, 0.25) is 0 Å². The van der Waals surface area contributed by atoms with Crippen molar-refractivity contribution in [1.29, 1.82) is 0 Å². The first kappa shape index (κ1) is 14.7. The molecule has 0 aliphatic rings. The van der Waals surface area contributed by atoms with Gasteiger partial charge in [-0.15, -0.1) is 16.4 Å². The fourth-order valence-electron chi connectivity index (χ4n) is 1.82. The number of carbonyl (C=O) groups is 1. The van der Waals surface area contributed by atoms with Gasteiger partial charge in [0.05, 0.1) is 41.0 Å². The van der Waals surface area contributed by atoms with Gasteiger partial charge in [-0.2, -0.15) is 8.75 Å². The summed E-state index contributed by atoms with van der Waals surface area (Å²) < 4.78 is 9.98. The zero-order chi connectivity index (χ0) is 15.7. The fraction of sp³-hybridized carbons (Fsp3) is 0.333. The molecule has 0 radical (unpaired) electrons. The van der Waals surface area contributed by atoms with Crippen LogP contribution in [0.25, 0.3) is 0 Å². The molecule has 0 spiro atoms. The molecule has 0 atom stereocenters. The molecule has 0 unspecified atom stereocenters. The van der Waals surface area contributed by atoms with Crippen molar-refractivity contribution in [3.8, 4) is 0 Å². The molecule has 0 aromatic carbocycles. The number of anilines is 1. The van der Waals surface area contributed by atoms with Crippen molar-refractivity contribution < 1.29 is 4.79 Å². The van der Waals surface area contributed by atoms with Crippen LogP contribution in [0, 0.1) is 20.8 Å². The second kappa shape index (κ2) is 5.89. The lowest BCUT2D eigenvalue weighted by molar-refractivity contribution is 0.102. The zero-order valence-corrected chi connectivity index (χ0v) is 13.8. The highest BCUT2D eigenvalue weighted by molar-refractivity contribution is 7.13. The van der Waals surface area contributed by atoms with Crippen LogP contribution in [0.4, 0.5) is 5.13 Å². The molecule has 1 amide bonds. The third kappa shape index (κ3) is 2.88. The van der Waals surface area contributed by atoms with Crippen LogP contribution >= 0.6 is 23.1 Å². The summed E-state index contributed by atoms with van der Waals surface area (Å²) in [5, 5.41) is 13.1. The lowest BCUT2D eigenvalue weighted by Gasteiger charge is -2.02. The van der Waals surface area contributed by atoms with Crippen LogP contribution in [-0.2, 0) is 6.54 Å². The number of thiazole rings is 1. The van der Waals surface area contributed by atoms with E-state index in [1.165, 1.54) is 11.3 Å². The Hall–Kier alpha value is -2.20. The maximum Gasteiger partial charge on any atom is 0.279 e. The highest BCUT2D eigenvalue weighted by Gasteiger charge is 2.18. The number of aromatic nitrogens is 6. The second-order valence-corrected chi connectivity index (χ2v) is 6.11. The third-order valence-electron chi connectivity index (χ3n) is 3.08. The average molecular weight is 335 g/mol. The molecule has 0 bridgehead atoms. The maximum absolute atomic E-state index is 12.2. The minimum absolute atomic E-state index is 0.286. The minimum atomic E-state index is -0.314. The quantitative estimate of drug-likeness (QED) is 0.781. The molecule has 0 saturated heterocycles. The van der Waals surface area contributed by atoms with Gasteiger partial charge < -0.3 is 0 Å². The summed E-state index contributed by atoms with van der Waals surface area (Å²) in [6.07, 6.45) is 0. The normalized spacial score (nSPS) is 10.9. The van der Waals surface area contributed by atoms with E-state index in [2.05, 4.69) is 29.4 Å². The number of carbonyl (C=O) groups excluding carboxylic acids is 1. The van der Waals surface area contributed by atoms with E-state index in [4.69, 9.17) is 0 Å². The zero-order valence-electron chi connectivity index (χ0n) is 12.2. The molecule has 3 aromatic heterocycles. The van der Waals surface area contributed by atoms with Crippen LogP contribution in [0.15, 0.2) is 5.38 Å². The van der Waals surface area contributed by atoms with E-state index in [0.29, 0.717) is 17.4 Å². The highest BCUT2D eigenvalue weighted by Crippen LogP contribution is 2.16. The van der Waals surface area contributed by atoms with Crippen molar-refractivity contribution >= 4 is 34.1 Å². The molecule has 0 fully saturated rings. The summed E-state index contributed by atoms with van der Waals surface area (Å²) in [4.78, 5) is 16.4. The van der Waals surface area contributed by atoms with Gasteiger partial charge in [0.25, 0.3) is 5.91 Å². The molecule has 3 heterocycles. The summed E-state index contributed by atoms with van der Waals surface area (Å²) in [5.41, 5.74) is 3.53. The van der Waals surface area contributed by atoms with Crippen LogP contribution < -0.4 is 5.32 Å². The Kier molecular flexibility index (Phi) is 3.94. The first-order valence-corrected chi connectivity index (χ1v) is 8.07. The van der Waals surface area contributed by atoms with Gasteiger partial charge >= 0.3 is 0 Å². The summed E-state index contributed by atoms with van der Waals surface area (Å²) >= 11 is 2.54. The molecule has 0 aliphatic carbocycles. The van der Waals surface area contributed by atoms with Crippen LogP contribution in [-0.4, -0.2) is 34.6 Å². The van der Waals surface area contributed by atoms with Crippen LogP contribution in [0.3, 0.4) is 0 Å². The molecule has 8 nitrogen and oxygen atoms in total. The van der Waals surface area contributed by atoms with Gasteiger partial charge in [-0.3, -0.25) is 10.1 Å². The van der Waals surface area contributed by atoms with Crippen LogP contribution in [0.5, 0.6) is 0 Å². The minimum Gasteiger partial charge on any atom is -0.296 e. The third-order valence-corrected chi connectivity index (χ3v) is 4.62. The highest BCUT2D eigenvalue weighted by atomic mass is 32.1. The lowest BCUT2D eigenvalue weighted by atomic mass is 10.3. The van der Waals surface area contributed by atoms with E-state index in [0.717, 1.165) is 28.8 Å². The number of amides is 1. The number of nitrogens with one attached hydrogen (secondary N) is 1. The molecule has 22 heavy (non-hydrogen) atoms. The van der Waals surface area contributed by atoms with E-state index in [9.17, 15) is 4.79 Å². The van der Waals surface area contributed by atoms with Gasteiger partial charge in [-0.1, -0.05) is 5.21 Å². The summed E-state index contributed by atoms with van der Waals surface area (Å²) in [7, 11) is 0. The van der Waals surface area contributed by atoms with Crippen molar-refractivity contribution in [2.75, 3.05) is 5.32 Å². The Morgan fingerprint density at radius 2 is 2.14 bits per heavy atom. The standard InChI is InChI=1S/C12H13N7OS2/c1-6-5-21-12(13-6)14-11(20)10-8(3)19(18-15-10)4-9-7(2)16-22-17-9/h5H,4H2,1-3H3,(H,13,14,20). The molecule has 1 N–H and O–H groups in total. The van der Waals surface area contributed by atoms with Crippen molar-refractivity contribution in [3.05, 3.63) is 33.8 Å². The predicted octanol–water partition coefficient (Wildman–Crippen LogP) is 1.81. The predicted molar refractivity (Wildman–Crippen MR) is 83.3 cm³/mol. The van der Waals surface area contributed by atoms with Crippen molar-refractivity contribution in [3.63, 3.8) is 0 Å². The van der Waals surface area contributed by atoms with Gasteiger partial charge in [0.1, 0.15) is 0 Å². The molecule has 10 heteroatoms. The first-order valence-electron chi connectivity index (χ1n) is 6.46. The van der Waals surface area contributed by atoms with Gasteiger partial charge in [-0.05, 0) is 20.8 Å². The Morgan fingerprint density at radius 3 is 2.77 bits per heavy atom. The van der Waals surface area contributed by atoms with Gasteiger partial charge in [0.15, 0.2) is 10.8 Å². The molecule has 3 aromatic rings. The summed E-state index contributed by atoms with van der Waals surface area (Å²) in [5.74, 6) is -0.314. The average Bonchev–Trinajstić information content (AvgIpc) is 3.15. The first-order chi connectivity index (χ1) is 10.5. The summed E-state index contributed by atoms with van der Waals surface area (Å²) in [6.45, 7) is 6.02. The maximum atomic E-state index is 12.2. The number of hydrogen-bond donors (Lipinski definition) is 1. The van der Waals surface area contributed by atoms with Gasteiger partial charge in [0.2, 0.25) is 0 Å². The van der Waals surface area contributed by atoms with Crippen LogP contribution in [0.1, 0.15) is 33.3 Å². The van der Waals surface area contributed by atoms with E-state index in [-0.39, 0.29) is 11.6 Å². The monoisotopic (exact) mass is 335 g/mol. The van der Waals surface area contributed by atoms with E-state index in [1.54, 1.807) is 11.6 Å². The Bertz CT molecular complexity index is 819. The Morgan fingerprint density at radius 1 is 1.32 bits per heavy atom. The lowest BCUT2D eigenvalue weighted by Crippen LogP contribution is -2.14. The van der Waals surface area contributed by atoms with Crippen molar-refractivity contribution in [1.82, 2.24) is 28.7 Å². The second-order valence-electron chi connectivity index (χ2n) is 4.73. The van der Waals surface area contributed by atoms with Crippen molar-refractivity contribution in [2.45, 2.75) is 27.3 Å². The molecular weight excluding hydrogens is 322 g/mol. The van der Waals surface area contributed by atoms with Gasteiger partial charge in [0, 0.05) is 5.38 Å². The molecule has 0 saturated carbocycles. The summed E-state index contributed by atoms with van der Waals surface area (Å²) in [6, 6.07) is 0. The molecule has 0 aliphatic heterocycles. The van der Waals surface area contributed by atoms with E-state index < -0.39 is 0 Å². The number of nitrogens with zero attached hydrogens (tertiary/aromatic N) is 6. The Balaban J connectivity index is 1.78. The fourth-order valence-corrected chi connectivity index (χ4v) is 3.06. The van der Waals surface area contributed by atoms with Crippen molar-refractivity contribution in [2.24, 2.45) is 0 Å². The smallest absolute Gasteiger partial charge is 0.279 e. The molecule has 3 rings (SSSR count). The number of aryl methyl sites for hydroxylation is 2. The van der Waals surface area contributed by atoms with E-state index >= 15 is 0 Å². The number of hydrogen-bond acceptors (Lipinski definition) is 8. The topological polar surface area (TPSA) is 98.5 Å². The van der Waals surface area contributed by atoms with Gasteiger partial charge in [-0.25, -0.2) is 9.67 Å². The largest absolute Gasteiger partial charge is 0.296 e. The van der Waals surface area contributed by atoms with E-state index in [1.807, 2.05) is 19.2 Å². The molecular formula is C12H13N7OS2.